The summed E-state index contributed by atoms with van der Waals surface area (Å²) in [4.78, 5) is 25.4. The van der Waals surface area contributed by atoms with Crippen LogP contribution >= 0.6 is 0 Å². The highest BCUT2D eigenvalue weighted by Gasteiger charge is 2.40. The molecule has 0 radical (unpaired) electrons. The molecule has 1 aliphatic rings. The maximum absolute atomic E-state index is 12.5. The van der Waals surface area contributed by atoms with Gasteiger partial charge in [-0.1, -0.05) is 27.2 Å². The van der Waals surface area contributed by atoms with Gasteiger partial charge in [-0.25, -0.2) is 4.39 Å². The summed E-state index contributed by atoms with van der Waals surface area (Å²) >= 11 is 0. The van der Waals surface area contributed by atoms with Gasteiger partial charge in [0.15, 0.2) is 0 Å². The Labute approximate surface area is 102 Å². The van der Waals surface area contributed by atoms with Crippen molar-refractivity contribution in [3.05, 3.63) is 0 Å². The van der Waals surface area contributed by atoms with E-state index in [0.717, 1.165) is 6.42 Å². The average molecular weight is 244 g/mol. The molecule has 0 aromatic carbocycles. The van der Waals surface area contributed by atoms with Crippen molar-refractivity contribution in [3.8, 4) is 0 Å². The molecule has 0 aromatic rings. The van der Waals surface area contributed by atoms with Gasteiger partial charge in [0, 0.05) is 6.54 Å². The van der Waals surface area contributed by atoms with Crippen molar-refractivity contribution >= 4 is 11.8 Å². The van der Waals surface area contributed by atoms with Crippen molar-refractivity contribution in [2.24, 2.45) is 5.92 Å². The molecular weight excluding hydrogens is 223 g/mol. The van der Waals surface area contributed by atoms with Crippen LogP contribution in [0.1, 0.15) is 33.6 Å². The molecule has 98 valence electrons. The van der Waals surface area contributed by atoms with Crippen LogP contribution in [0.5, 0.6) is 0 Å². The predicted molar refractivity (Wildman–Crippen MR) is 63.2 cm³/mol. The first-order valence-electron chi connectivity index (χ1n) is 6.23. The number of alkyl halides is 1. The number of hydrogen-bond acceptors (Lipinski definition) is 2. The normalized spacial score (nSPS) is 26.9. The number of piperazine rings is 1. The first kappa shape index (κ1) is 13.9. The zero-order valence-electron chi connectivity index (χ0n) is 10.7. The van der Waals surface area contributed by atoms with E-state index in [1.807, 2.05) is 20.8 Å². The van der Waals surface area contributed by atoms with Gasteiger partial charge in [-0.2, -0.15) is 0 Å². The Bertz CT molecular complexity index is 296. The maximum Gasteiger partial charge on any atom is 0.246 e. The topological polar surface area (TPSA) is 49.4 Å². The number of carbonyl (C=O) groups is 2. The van der Waals surface area contributed by atoms with Crippen LogP contribution in [0.3, 0.4) is 0 Å². The number of rotatable bonds is 5. The zero-order chi connectivity index (χ0) is 13.0. The van der Waals surface area contributed by atoms with Gasteiger partial charge in [-0.3, -0.25) is 9.59 Å². The van der Waals surface area contributed by atoms with Crippen molar-refractivity contribution in [1.82, 2.24) is 10.2 Å². The SMILES string of the molecule is CCC(C)C1NC(=O)C(CC)N(CCF)C1=O. The van der Waals surface area contributed by atoms with Crippen LogP contribution in [0, 0.1) is 5.92 Å². The van der Waals surface area contributed by atoms with Crippen molar-refractivity contribution < 1.29 is 14.0 Å². The third kappa shape index (κ3) is 2.76. The summed E-state index contributed by atoms with van der Waals surface area (Å²) in [5, 5.41) is 2.75. The number of hydrogen-bond donors (Lipinski definition) is 1. The van der Waals surface area contributed by atoms with Crippen molar-refractivity contribution in [3.63, 3.8) is 0 Å². The lowest BCUT2D eigenvalue weighted by atomic mass is 9.93. The maximum atomic E-state index is 12.5. The lowest BCUT2D eigenvalue weighted by Crippen LogP contribution is -2.65. The highest BCUT2D eigenvalue weighted by Crippen LogP contribution is 2.19. The van der Waals surface area contributed by atoms with Crippen molar-refractivity contribution in [2.75, 3.05) is 13.2 Å². The molecule has 4 nitrogen and oxygen atoms in total. The van der Waals surface area contributed by atoms with E-state index in [1.54, 1.807) is 0 Å². The average Bonchev–Trinajstić information content (AvgIpc) is 2.33. The molecule has 0 saturated carbocycles. The van der Waals surface area contributed by atoms with Gasteiger partial charge in [0.2, 0.25) is 11.8 Å². The van der Waals surface area contributed by atoms with Gasteiger partial charge in [-0.15, -0.1) is 0 Å². The van der Waals surface area contributed by atoms with E-state index in [9.17, 15) is 14.0 Å². The van der Waals surface area contributed by atoms with E-state index in [2.05, 4.69) is 5.32 Å². The minimum absolute atomic E-state index is 0.0116. The van der Waals surface area contributed by atoms with Gasteiger partial charge in [0.1, 0.15) is 18.8 Å². The quantitative estimate of drug-likeness (QED) is 0.787. The highest BCUT2D eigenvalue weighted by molar-refractivity contribution is 5.97. The van der Waals surface area contributed by atoms with Gasteiger partial charge in [-0.05, 0) is 12.3 Å². The number of nitrogens with zero attached hydrogens (tertiary/aromatic N) is 1. The Balaban J connectivity index is 2.89. The summed E-state index contributed by atoms with van der Waals surface area (Å²) in [6.45, 7) is 5.12. The molecule has 3 unspecified atom stereocenters. The lowest BCUT2D eigenvalue weighted by Gasteiger charge is -2.40. The van der Waals surface area contributed by atoms with Crippen LogP contribution < -0.4 is 5.32 Å². The molecule has 0 aliphatic carbocycles. The third-order valence-electron chi connectivity index (χ3n) is 3.45. The predicted octanol–water partition coefficient (Wildman–Crippen LogP) is 1.11. The first-order valence-corrected chi connectivity index (χ1v) is 6.23. The van der Waals surface area contributed by atoms with Crippen LogP contribution in [0.25, 0.3) is 0 Å². The summed E-state index contributed by atoms with van der Waals surface area (Å²) in [5.41, 5.74) is 0. The van der Waals surface area contributed by atoms with Gasteiger partial charge in [0.05, 0.1) is 0 Å². The number of nitrogens with one attached hydrogen (secondary N) is 1. The number of amides is 2. The molecule has 1 saturated heterocycles. The van der Waals surface area contributed by atoms with Crippen LogP contribution in [0.4, 0.5) is 4.39 Å². The fourth-order valence-electron chi connectivity index (χ4n) is 2.17. The molecule has 1 heterocycles. The molecule has 0 spiro atoms. The second-order valence-corrected chi connectivity index (χ2v) is 4.52. The minimum atomic E-state index is -0.608. The summed E-state index contributed by atoms with van der Waals surface area (Å²) < 4.78 is 12.5. The molecule has 1 aliphatic heterocycles. The van der Waals surface area contributed by atoms with E-state index in [-0.39, 0.29) is 24.3 Å². The smallest absolute Gasteiger partial charge is 0.246 e. The third-order valence-corrected chi connectivity index (χ3v) is 3.45. The summed E-state index contributed by atoms with van der Waals surface area (Å²) in [7, 11) is 0. The molecule has 0 bridgehead atoms. The number of carbonyl (C=O) groups excluding carboxylic acids is 2. The zero-order valence-corrected chi connectivity index (χ0v) is 10.7. The summed E-state index contributed by atoms with van der Waals surface area (Å²) in [6.07, 6.45) is 1.32. The summed E-state index contributed by atoms with van der Waals surface area (Å²) in [6, 6.07) is -1.01. The van der Waals surface area contributed by atoms with Crippen LogP contribution in [-0.2, 0) is 9.59 Å². The van der Waals surface area contributed by atoms with Crippen molar-refractivity contribution in [1.29, 1.82) is 0 Å². The molecule has 1 fully saturated rings. The Morgan fingerprint density at radius 2 is 2.06 bits per heavy atom. The molecule has 1 rings (SSSR count). The second-order valence-electron chi connectivity index (χ2n) is 4.52. The molecule has 0 aromatic heterocycles. The van der Waals surface area contributed by atoms with Crippen LogP contribution in [0.15, 0.2) is 0 Å². The largest absolute Gasteiger partial charge is 0.342 e. The molecular formula is C12H21FN2O2. The fraction of sp³-hybridized carbons (Fsp3) is 0.833. The summed E-state index contributed by atoms with van der Waals surface area (Å²) in [5.74, 6) is -0.235. The monoisotopic (exact) mass is 244 g/mol. The first-order chi connectivity index (χ1) is 8.06. The van der Waals surface area contributed by atoms with E-state index in [0.29, 0.717) is 6.42 Å². The Kier molecular flexibility index (Phi) is 4.90. The highest BCUT2D eigenvalue weighted by atomic mass is 19.1. The Morgan fingerprint density at radius 1 is 1.41 bits per heavy atom. The molecule has 17 heavy (non-hydrogen) atoms. The Morgan fingerprint density at radius 3 is 2.53 bits per heavy atom. The fourth-order valence-corrected chi connectivity index (χ4v) is 2.17. The van der Waals surface area contributed by atoms with E-state index < -0.39 is 18.8 Å². The molecule has 2 amide bonds. The van der Waals surface area contributed by atoms with E-state index in [1.165, 1.54) is 4.90 Å². The molecule has 1 N–H and O–H groups in total. The van der Waals surface area contributed by atoms with Gasteiger partial charge in [0.25, 0.3) is 0 Å². The molecule has 5 heteroatoms. The van der Waals surface area contributed by atoms with Crippen LogP contribution in [0.2, 0.25) is 0 Å². The van der Waals surface area contributed by atoms with Crippen molar-refractivity contribution in [2.45, 2.75) is 45.7 Å². The number of halogens is 1. The van der Waals surface area contributed by atoms with E-state index in [4.69, 9.17) is 0 Å². The molecule has 3 atom stereocenters. The second kappa shape index (κ2) is 5.98. The van der Waals surface area contributed by atoms with E-state index >= 15 is 0 Å². The van der Waals surface area contributed by atoms with Crippen LogP contribution in [-0.4, -0.2) is 42.0 Å². The lowest BCUT2D eigenvalue weighted by molar-refractivity contribution is -0.151. The Hall–Kier alpha value is -1.13. The standard InChI is InChI=1S/C12H21FN2O2/c1-4-8(3)10-12(17)15(7-6-13)9(5-2)11(16)14-10/h8-10H,4-7H2,1-3H3,(H,14,16). The van der Waals surface area contributed by atoms with Gasteiger partial charge >= 0.3 is 0 Å². The minimum Gasteiger partial charge on any atom is -0.342 e. The van der Waals surface area contributed by atoms with Gasteiger partial charge < -0.3 is 10.2 Å².